The molecule has 0 radical (unpaired) electrons. The third-order valence-electron chi connectivity index (χ3n) is 2.66. The minimum atomic E-state index is -0.138. The van der Waals surface area contributed by atoms with Crippen LogP contribution in [0.2, 0.25) is 0 Å². The quantitative estimate of drug-likeness (QED) is 0.380. The van der Waals surface area contributed by atoms with E-state index in [0.29, 0.717) is 0 Å². The van der Waals surface area contributed by atoms with E-state index in [1.807, 2.05) is 5.01 Å². The maximum atomic E-state index is 9.32. The molecule has 1 saturated heterocycles. The van der Waals surface area contributed by atoms with Crippen LogP contribution in [-0.2, 0) is 0 Å². The van der Waals surface area contributed by atoms with Gasteiger partial charge in [-0.2, -0.15) is 5.10 Å². The molecule has 1 aliphatic rings. The number of hydrazine groups is 1. The highest BCUT2D eigenvalue weighted by Crippen LogP contribution is 2.24. The van der Waals surface area contributed by atoms with Crippen LogP contribution < -0.4 is 5.84 Å². The minimum Gasteiger partial charge on any atom is -0.504 e. The average Bonchev–Trinajstić information content (AvgIpc) is 2.33. The van der Waals surface area contributed by atoms with Crippen molar-refractivity contribution in [3.8, 4) is 11.5 Å². The van der Waals surface area contributed by atoms with Crippen LogP contribution in [0.25, 0.3) is 0 Å². The number of aromatic hydroxyl groups is 2. The third-order valence-corrected chi connectivity index (χ3v) is 2.66. The van der Waals surface area contributed by atoms with Gasteiger partial charge in [0.1, 0.15) is 0 Å². The van der Waals surface area contributed by atoms with Gasteiger partial charge >= 0.3 is 0 Å². The highest BCUT2D eigenvalue weighted by molar-refractivity contribution is 5.80. The average molecular weight is 236 g/mol. The van der Waals surface area contributed by atoms with Gasteiger partial charge in [-0.25, -0.2) is 5.01 Å². The lowest BCUT2D eigenvalue weighted by Gasteiger charge is -2.29. The van der Waals surface area contributed by atoms with E-state index in [-0.39, 0.29) is 11.5 Å². The van der Waals surface area contributed by atoms with Crippen LogP contribution in [0.4, 0.5) is 0 Å². The second-order valence-corrected chi connectivity index (χ2v) is 3.98. The number of phenols is 2. The molecule has 92 valence electrons. The van der Waals surface area contributed by atoms with Gasteiger partial charge in [-0.15, -0.1) is 0 Å². The van der Waals surface area contributed by atoms with Crippen molar-refractivity contribution in [2.75, 3.05) is 26.2 Å². The molecule has 0 amide bonds. The van der Waals surface area contributed by atoms with E-state index >= 15 is 0 Å². The van der Waals surface area contributed by atoms with E-state index < -0.39 is 0 Å². The van der Waals surface area contributed by atoms with Crippen LogP contribution >= 0.6 is 0 Å². The van der Waals surface area contributed by atoms with Gasteiger partial charge in [-0.3, -0.25) is 10.9 Å². The maximum absolute atomic E-state index is 9.32. The number of hydrazone groups is 1. The molecule has 0 unspecified atom stereocenters. The molecule has 0 aliphatic carbocycles. The van der Waals surface area contributed by atoms with E-state index in [2.05, 4.69) is 5.10 Å². The van der Waals surface area contributed by atoms with Crippen LogP contribution in [0.3, 0.4) is 0 Å². The highest BCUT2D eigenvalue weighted by Gasteiger charge is 2.11. The Kier molecular flexibility index (Phi) is 3.46. The Labute approximate surface area is 99.5 Å². The van der Waals surface area contributed by atoms with Gasteiger partial charge in [-0.1, -0.05) is 0 Å². The molecule has 0 spiro atoms. The predicted octanol–water partition coefficient (Wildman–Crippen LogP) is -0.0770. The van der Waals surface area contributed by atoms with Crippen molar-refractivity contribution in [3.05, 3.63) is 23.8 Å². The van der Waals surface area contributed by atoms with Crippen molar-refractivity contribution in [1.82, 2.24) is 10.0 Å². The second-order valence-electron chi connectivity index (χ2n) is 3.98. The fraction of sp³-hybridized carbons (Fsp3) is 0.364. The van der Waals surface area contributed by atoms with Gasteiger partial charge < -0.3 is 10.2 Å². The summed E-state index contributed by atoms with van der Waals surface area (Å²) in [5.41, 5.74) is 0.746. The molecule has 2 rings (SSSR count). The predicted molar refractivity (Wildman–Crippen MR) is 64.7 cm³/mol. The largest absolute Gasteiger partial charge is 0.504 e. The lowest BCUT2D eigenvalue weighted by Crippen LogP contribution is -2.47. The van der Waals surface area contributed by atoms with Crippen molar-refractivity contribution >= 4 is 6.21 Å². The Morgan fingerprint density at radius 2 is 1.82 bits per heavy atom. The first-order chi connectivity index (χ1) is 8.15. The van der Waals surface area contributed by atoms with Gasteiger partial charge in [0, 0.05) is 13.1 Å². The molecule has 1 fully saturated rings. The lowest BCUT2D eigenvalue weighted by molar-refractivity contribution is 0.138. The number of rotatable bonds is 2. The topological polar surface area (TPSA) is 85.3 Å². The van der Waals surface area contributed by atoms with E-state index in [4.69, 9.17) is 10.9 Å². The van der Waals surface area contributed by atoms with Gasteiger partial charge in [0.15, 0.2) is 11.5 Å². The molecule has 1 aliphatic heterocycles. The summed E-state index contributed by atoms with van der Waals surface area (Å²) in [7, 11) is 0. The number of phenolic OH excluding ortho intramolecular Hbond substituents is 2. The Balaban J connectivity index is 1.97. The van der Waals surface area contributed by atoms with Gasteiger partial charge in [-0.05, 0) is 23.8 Å². The van der Waals surface area contributed by atoms with Crippen LogP contribution in [0.5, 0.6) is 11.5 Å². The van der Waals surface area contributed by atoms with Crippen LogP contribution in [0, 0.1) is 0 Å². The zero-order valence-electron chi connectivity index (χ0n) is 9.45. The molecule has 6 nitrogen and oxygen atoms in total. The van der Waals surface area contributed by atoms with E-state index in [1.54, 1.807) is 17.3 Å². The van der Waals surface area contributed by atoms with E-state index in [1.165, 1.54) is 12.1 Å². The third kappa shape index (κ3) is 3.08. The molecule has 1 heterocycles. The van der Waals surface area contributed by atoms with Crippen molar-refractivity contribution in [3.63, 3.8) is 0 Å². The molecule has 1 aromatic rings. The van der Waals surface area contributed by atoms with Gasteiger partial charge in [0.05, 0.1) is 19.3 Å². The number of nitrogens with two attached hydrogens (primary N) is 1. The maximum Gasteiger partial charge on any atom is 0.158 e. The first-order valence-electron chi connectivity index (χ1n) is 5.46. The lowest BCUT2D eigenvalue weighted by atomic mass is 10.2. The summed E-state index contributed by atoms with van der Waals surface area (Å²) in [6.07, 6.45) is 1.66. The summed E-state index contributed by atoms with van der Waals surface area (Å²) in [5.74, 6) is 5.37. The fourth-order valence-corrected chi connectivity index (χ4v) is 1.60. The molecule has 0 atom stereocenters. The molecule has 6 heteroatoms. The van der Waals surface area contributed by atoms with Crippen molar-refractivity contribution < 1.29 is 10.2 Å². The minimum absolute atomic E-state index is 0.126. The molecule has 4 N–H and O–H groups in total. The summed E-state index contributed by atoms with van der Waals surface area (Å²) in [4.78, 5) is 0. The number of hydrogen-bond acceptors (Lipinski definition) is 6. The van der Waals surface area contributed by atoms with Crippen LogP contribution in [-0.4, -0.2) is 52.6 Å². The van der Waals surface area contributed by atoms with Crippen LogP contribution in [0.15, 0.2) is 23.3 Å². The number of hydrogen-bond donors (Lipinski definition) is 3. The molecule has 0 saturated carbocycles. The van der Waals surface area contributed by atoms with E-state index in [9.17, 15) is 5.11 Å². The summed E-state index contributed by atoms with van der Waals surface area (Å²) < 4.78 is 0. The van der Waals surface area contributed by atoms with Crippen molar-refractivity contribution in [1.29, 1.82) is 0 Å². The molecular weight excluding hydrogens is 220 g/mol. The molecule has 17 heavy (non-hydrogen) atoms. The molecule has 0 aromatic heterocycles. The standard InChI is InChI=1S/C11H16N4O2/c12-14-3-5-15(6-4-14)13-8-9-1-2-10(16)11(17)7-9/h1-2,7-8,16-17H,3-6,12H2/b13-8-. The normalized spacial score (nSPS) is 17.8. The smallest absolute Gasteiger partial charge is 0.158 e. The zero-order chi connectivity index (χ0) is 12.3. The monoisotopic (exact) mass is 236 g/mol. The van der Waals surface area contributed by atoms with Crippen molar-refractivity contribution in [2.24, 2.45) is 10.9 Å². The fourth-order valence-electron chi connectivity index (χ4n) is 1.60. The van der Waals surface area contributed by atoms with Gasteiger partial charge in [0.2, 0.25) is 0 Å². The van der Waals surface area contributed by atoms with Gasteiger partial charge in [0.25, 0.3) is 0 Å². The Morgan fingerprint density at radius 1 is 1.12 bits per heavy atom. The number of nitrogens with zero attached hydrogens (tertiary/aromatic N) is 3. The van der Waals surface area contributed by atoms with Crippen LogP contribution in [0.1, 0.15) is 5.56 Å². The molecule has 1 aromatic carbocycles. The zero-order valence-corrected chi connectivity index (χ0v) is 9.45. The summed E-state index contributed by atoms with van der Waals surface area (Å²) in [6.45, 7) is 3.16. The number of piperazine rings is 1. The molecular formula is C11H16N4O2. The Bertz CT molecular complexity index is 414. The van der Waals surface area contributed by atoms with Crippen molar-refractivity contribution in [2.45, 2.75) is 0 Å². The SMILES string of the molecule is NN1CCN(/N=C\c2ccc(O)c(O)c2)CC1. The Hall–Kier alpha value is -1.79. The first kappa shape index (κ1) is 11.7. The summed E-state index contributed by atoms with van der Waals surface area (Å²) >= 11 is 0. The van der Waals surface area contributed by atoms with E-state index in [0.717, 1.165) is 31.7 Å². The second kappa shape index (κ2) is 5.03. The Morgan fingerprint density at radius 3 is 2.47 bits per heavy atom. The summed E-state index contributed by atoms with van der Waals surface area (Å²) in [5, 5.41) is 26.5. The number of benzene rings is 1. The highest BCUT2D eigenvalue weighted by atomic mass is 16.3. The molecule has 0 bridgehead atoms. The first-order valence-corrected chi connectivity index (χ1v) is 5.46. The summed E-state index contributed by atoms with van der Waals surface area (Å²) in [6, 6.07) is 4.60.